The lowest BCUT2D eigenvalue weighted by atomic mass is 10.1. The average Bonchev–Trinajstić information content (AvgIpc) is 2.53. The summed E-state index contributed by atoms with van der Waals surface area (Å²) < 4.78 is 12.2. The first-order valence-electron chi connectivity index (χ1n) is 7.10. The largest absolute Gasteiger partial charge is 0.486 e. The molecule has 0 aromatic heterocycles. The molecule has 2 aromatic carbocycles. The van der Waals surface area contributed by atoms with Gasteiger partial charge in [0.25, 0.3) is 0 Å². The van der Waals surface area contributed by atoms with Crippen molar-refractivity contribution in [3.63, 3.8) is 0 Å². The van der Waals surface area contributed by atoms with Gasteiger partial charge in [0.05, 0.1) is 0 Å². The summed E-state index contributed by atoms with van der Waals surface area (Å²) in [5, 5.41) is 3.53. The fourth-order valence-corrected chi connectivity index (χ4v) is 2.60. The highest BCUT2D eigenvalue weighted by molar-refractivity contribution is 9.10. The van der Waals surface area contributed by atoms with Gasteiger partial charge in [-0.3, -0.25) is 0 Å². The molecule has 1 aliphatic heterocycles. The van der Waals surface area contributed by atoms with Crippen LogP contribution in [-0.4, -0.2) is 13.2 Å². The molecule has 21 heavy (non-hydrogen) atoms. The predicted molar refractivity (Wildman–Crippen MR) is 86.8 cm³/mol. The molecular weight excluding hydrogens is 330 g/mol. The van der Waals surface area contributed by atoms with Gasteiger partial charge in [0.2, 0.25) is 0 Å². The molecule has 0 spiro atoms. The van der Waals surface area contributed by atoms with Gasteiger partial charge in [-0.2, -0.15) is 0 Å². The minimum atomic E-state index is 0.298. The van der Waals surface area contributed by atoms with Crippen LogP contribution < -0.4 is 14.8 Å². The van der Waals surface area contributed by atoms with E-state index < -0.39 is 0 Å². The van der Waals surface area contributed by atoms with Crippen LogP contribution in [0.1, 0.15) is 24.1 Å². The number of halogens is 1. The van der Waals surface area contributed by atoms with E-state index in [0.717, 1.165) is 22.5 Å². The minimum Gasteiger partial charge on any atom is -0.486 e. The maximum atomic E-state index is 5.61. The van der Waals surface area contributed by atoms with Crippen molar-refractivity contribution >= 4 is 15.9 Å². The van der Waals surface area contributed by atoms with E-state index in [2.05, 4.69) is 64.6 Å². The number of ether oxygens (including phenoxy) is 2. The van der Waals surface area contributed by atoms with Gasteiger partial charge >= 0.3 is 0 Å². The van der Waals surface area contributed by atoms with Gasteiger partial charge in [-0.1, -0.05) is 34.1 Å². The third-order valence-electron chi connectivity index (χ3n) is 3.59. The van der Waals surface area contributed by atoms with E-state index in [1.807, 2.05) is 6.07 Å². The molecule has 0 bridgehead atoms. The molecule has 0 amide bonds. The molecule has 1 aliphatic rings. The van der Waals surface area contributed by atoms with Crippen molar-refractivity contribution in [2.45, 2.75) is 19.5 Å². The van der Waals surface area contributed by atoms with Gasteiger partial charge in [-0.15, -0.1) is 0 Å². The van der Waals surface area contributed by atoms with E-state index in [1.54, 1.807) is 0 Å². The standard InChI is InChI=1S/C17H18BrNO2/c1-12(14-3-5-15(18)6-4-14)19-11-13-2-7-16-17(10-13)21-9-8-20-16/h2-7,10,12,19H,8-9,11H2,1H3/t12-/m0/s1. The lowest BCUT2D eigenvalue weighted by Gasteiger charge is -2.20. The molecule has 4 heteroatoms. The summed E-state index contributed by atoms with van der Waals surface area (Å²) in [6, 6.07) is 14.8. The molecule has 110 valence electrons. The Morgan fingerprint density at radius 1 is 1.05 bits per heavy atom. The summed E-state index contributed by atoms with van der Waals surface area (Å²) in [6.45, 7) is 4.22. The zero-order chi connectivity index (χ0) is 14.7. The number of nitrogens with one attached hydrogen (secondary N) is 1. The average molecular weight is 348 g/mol. The van der Waals surface area contributed by atoms with Gasteiger partial charge in [-0.05, 0) is 42.3 Å². The number of fused-ring (bicyclic) bond motifs is 1. The highest BCUT2D eigenvalue weighted by Crippen LogP contribution is 2.30. The Morgan fingerprint density at radius 2 is 1.76 bits per heavy atom. The van der Waals surface area contributed by atoms with E-state index in [1.165, 1.54) is 11.1 Å². The molecule has 3 rings (SSSR count). The second-order valence-electron chi connectivity index (χ2n) is 5.13. The first-order valence-corrected chi connectivity index (χ1v) is 7.89. The maximum Gasteiger partial charge on any atom is 0.161 e. The summed E-state index contributed by atoms with van der Waals surface area (Å²) in [5.74, 6) is 1.68. The highest BCUT2D eigenvalue weighted by atomic mass is 79.9. The van der Waals surface area contributed by atoms with Crippen LogP contribution >= 0.6 is 15.9 Å². The Labute approximate surface area is 133 Å². The van der Waals surface area contributed by atoms with Crippen molar-refractivity contribution in [1.82, 2.24) is 5.32 Å². The van der Waals surface area contributed by atoms with E-state index in [9.17, 15) is 0 Å². The van der Waals surface area contributed by atoms with E-state index >= 15 is 0 Å². The van der Waals surface area contributed by atoms with Crippen LogP contribution in [0.15, 0.2) is 46.9 Å². The Balaban J connectivity index is 1.63. The van der Waals surface area contributed by atoms with Gasteiger partial charge in [0.1, 0.15) is 13.2 Å². The fraction of sp³-hybridized carbons (Fsp3) is 0.294. The van der Waals surface area contributed by atoms with Crippen molar-refractivity contribution < 1.29 is 9.47 Å². The molecule has 0 saturated heterocycles. The maximum absolute atomic E-state index is 5.61. The second-order valence-corrected chi connectivity index (χ2v) is 6.05. The van der Waals surface area contributed by atoms with Gasteiger partial charge < -0.3 is 14.8 Å². The third-order valence-corrected chi connectivity index (χ3v) is 4.12. The number of hydrogen-bond acceptors (Lipinski definition) is 3. The Hall–Kier alpha value is -1.52. The van der Waals surface area contributed by atoms with Gasteiger partial charge in [0.15, 0.2) is 11.5 Å². The van der Waals surface area contributed by atoms with Crippen molar-refractivity contribution in [1.29, 1.82) is 0 Å². The minimum absolute atomic E-state index is 0.298. The number of benzene rings is 2. The molecule has 0 saturated carbocycles. The van der Waals surface area contributed by atoms with Crippen LogP contribution in [0.4, 0.5) is 0 Å². The molecule has 1 atom stereocenters. The summed E-state index contributed by atoms with van der Waals surface area (Å²) in [4.78, 5) is 0. The molecule has 1 heterocycles. The fourth-order valence-electron chi connectivity index (χ4n) is 2.34. The zero-order valence-corrected chi connectivity index (χ0v) is 13.5. The zero-order valence-electron chi connectivity index (χ0n) is 11.9. The topological polar surface area (TPSA) is 30.5 Å². The smallest absolute Gasteiger partial charge is 0.161 e. The Morgan fingerprint density at radius 3 is 2.52 bits per heavy atom. The molecule has 2 aromatic rings. The van der Waals surface area contributed by atoms with Crippen molar-refractivity contribution in [2.75, 3.05) is 13.2 Å². The molecule has 3 nitrogen and oxygen atoms in total. The normalized spacial score (nSPS) is 14.8. The molecule has 0 fully saturated rings. The van der Waals surface area contributed by atoms with Crippen LogP contribution in [0.2, 0.25) is 0 Å². The van der Waals surface area contributed by atoms with Gasteiger partial charge in [0, 0.05) is 17.1 Å². The Kier molecular flexibility index (Phi) is 4.46. The van der Waals surface area contributed by atoms with E-state index in [-0.39, 0.29) is 0 Å². The first-order chi connectivity index (χ1) is 10.2. The lowest BCUT2D eigenvalue weighted by molar-refractivity contribution is 0.171. The summed E-state index contributed by atoms with van der Waals surface area (Å²) >= 11 is 3.46. The van der Waals surface area contributed by atoms with E-state index in [0.29, 0.717) is 19.3 Å². The second kappa shape index (κ2) is 6.50. The molecule has 0 radical (unpaired) electrons. The van der Waals surface area contributed by atoms with Crippen LogP contribution in [-0.2, 0) is 6.54 Å². The number of hydrogen-bond donors (Lipinski definition) is 1. The molecule has 0 aliphatic carbocycles. The van der Waals surface area contributed by atoms with Crippen LogP contribution in [0.5, 0.6) is 11.5 Å². The van der Waals surface area contributed by atoms with Crippen LogP contribution in [0.3, 0.4) is 0 Å². The summed E-state index contributed by atoms with van der Waals surface area (Å²) in [6.07, 6.45) is 0. The quantitative estimate of drug-likeness (QED) is 0.904. The summed E-state index contributed by atoms with van der Waals surface area (Å²) in [5.41, 5.74) is 2.47. The van der Waals surface area contributed by atoms with E-state index in [4.69, 9.17) is 9.47 Å². The van der Waals surface area contributed by atoms with Crippen molar-refractivity contribution in [3.05, 3.63) is 58.1 Å². The molecular formula is C17H18BrNO2. The third kappa shape index (κ3) is 3.57. The molecule has 1 N–H and O–H groups in total. The van der Waals surface area contributed by atoms with Crippen molar-refractivity contribution in [3.8, 4) is 11.5 Å². The summed E-state index contributed by atoms with van der Waals surface area (Å²) in [7, 11) is 0. The Bertz CT molecular complexity index is 613. The predicted octanol–water partition coefficient (Wildman–Crippen LogP) is 4.07. The monoisotopic (exact) mass is 347 g/mol. The number of rotatable bonds is 4. The molecule has 0 unspecified atom stereocenters. The highest BCUT2D eigenvalue weighted by Gasteiger charge is 2.12. The van der Waals surface area contributed by atoms with Crippen LogP contribution in [0, 0.1) is 0 Å². The lowest BCUT2D eigenvalue weighted by Crippen LogP contribution is -2.19. The SMILES string of the molecule is C[C@H](NCc1ccc2c(c1)OCCO2)c1ccc(Br)cc1. The first kappa shape index (κ1) is 14.4. The van der Waals surface area contributed by atoms with Gasteiger partial charge in [-0.25, -0.2) is 0 Å². The van der Waals surface area contributed by atoms with Crippen LogP contribution in [0.25, 0.3) is 0 Å². The van der Waals surface area contributed by atoms with Crippen molar-refractivity contribution in [2.24, 2.45) is 0 Å².